The number of carbonyl (C=O) groups excluding carboxylic acids is 1. The van der Waals surface area contributed by atoms with Crippen molar-refractivity contribution >= 4 is 32.5 Å². The minimum Gasteiger partial charge on any atom is -0.363 e. The molecule has 3 heterocycles. The molecule has 9 heteroatoms. The molecule has 0 bridgehead atoms. The summed E-state index contributed by atoms with van der Waals surface area (Å²) < 4.78 is 25.7. The summed E-state index contributed by atoms with van der Waals surface area (Å²) in [5, 5.41) is 7.44. The molecular weight excluding hydrogens is 414 g/mol. The van der Waals surface area contributed by atoms with E-state index in [0.29, 0.717) is 29.9 Å². The number of nitrogens with zero attached hydrogens (tertiary/aromatic N) is 4. The Morgan fingerprint density at radius 2 is 1.71 bits per heavy atom. The number of rotatable bonds is 7. The molecule has 0 saturated heterocycles. The zero-order valence-corrected chi connectivity index (χ0v) is 17.9. The van der Waals surface area contributed by atoms with E-state index in [4.69, 9.17) is 0 Å². The molecule has 3 aromatic heterocycles. The first-order valence-electron chi connectivity index (χ1n) is 9.64. The number of benzene rings is 1. The first kappa shape index (κ1) is 20.7. The number of aryl methyl sites for hydroxylation is 1. The van der Waals surface area contributed by atoms with Gasteiger partial charge in [0.05, 0.1) is 16.0 Å². The number of nitrogens with one attached hydrogen (secondary N) is 1. The molecule has 4 rings (SSSR count). The molecule has 4 aromatic rings. The second kappa shape index (κ2) is 8.27. The van der Waals surface area contributed by atoms with Crippen molar-refractivity contribution in [3.05, 3.63) is 72.2 Å². The normalized spacial score (nSPS) is 11.5. The van der Waals surface area contributed by atoms with Crippen molar-refractivity contribution in [2.45, 2.75) is 22.6 Å². The fraction of sp³-hybridized carbons (Fsp3) is 0.182. The van der Waals surface area contributed by atoms with E-state index in [2.05, 4.69) is 20.2 Å². The lowest BCUT2D eigenvalue weighted by Gasteiger charge is -2.11. The lowest BCUT2D eigenvalue weighted by Crippen LogP contribution is -2.11. The number of fused-ring (bicyclic) bond motifs is 1. The van der Waals surface area contributed by atoms with Crippen molar-refractivity contribution in [2.24, 2.45) is 0 Å². The molecule has 158 valence electrons. The second-order valence-corrected chi connectivity index (χ2v) is 9.30. The van der Waals surface area contributed by atoms with Crippen molar-refractivity contribution < 1.29 is 13.2 Å². The second-order valence-electron chi connectivity index (χ2n) is 7.35. The van der Waals surface area contributed by atoms with E-state index in [1.165, 1.54) is 12.4 Å². The van der Waals surface area contributed by atoms with E-state index in [1.807, 2.05) is 14.1 Å². The van der Waals surface area contributed by atoms with Gasteiger partial charge < -0.3 is 4.90 Å². The lowest BCUT2D eigenvalue weighted by atomic mass is 10.0. The molecule has 0 spiro atoms. The van der Waals surface area contributed by atoms with Gasteiger partial charge in [-0.25, -0.2) is 18.4 Å². The minimum absolute atomic E-state index is 0.0284. The van der Waals surface area contributed by atoms with Gasteiger partial charge in [-0.1, -0.05) is 12.1 Å². The fourth-order valence-electron chi connectivity index (χ4n) is 3.16. The van der Waals surface area contributed by atoms with Crippen LogP contribution >= 0.6 is 0 Å². The number of anilines is 1. The third kappa shape index (κ3) is 4.31. The van der Waals surface area contributed by atoms with E-state index in [-0.39, 0.29) is 15.6 Å². The van der Waals surface area contributed by atoms with Crippen LogP contribution in [0.1, 0.15) is 22.3 Å². The molecule has 1 N–H and O–H groups in total. The van der Waals surface area contributed by atoms with Gasteiger partial charge >= 0.3 is 0 Å². The summed E-state index contributed by atoms with van der Waals surface area (Å²) >= 11 is 0. The highest BCUT2D eigenvalue weighted by Gasteiger charge is 2.18. The van der Waals surface area contributed by atoms with Crippen LogP contribution in [0.4, 0.5) is 5.82 Å². The van der Waals surface area contributed by atoms with Gasteiger partial charge in [-0.05, 0) is 42.3 Å². The number of sulfone groups is 1. The molecule has 0 unspecified atom stereocenters. The number of hydrogen-bond acceptors (Lipinski definition) is 7. The van der Waals surface area contributed by atoms with Gasteiger partial charge in [0.1, 0.15) is 5.82 Å². The maximum absolute atomic E-state index is 12.8. The van der Waals surface area contributed by atoms with Crippen LogP contribution in [-0.2, 0) is 16.3 Å². The van der Waals surface area contributed by atoms with Gasteiger partial charge in [-0.2, -0.15) is 5.10 Å². The topological polar surface area (TPSA) is 109 Å². The maximum Gasteiger partial charge on any atom is 0.208 e. The molecule has 0 aliphatic heterocycles. The number of carbonyl (C=O) groups is 1. The summed E-state index contributed by atoms with van der Waals surface area (Å²) in [4.78, 5) is 23.0. The van der Waals surface area contributed by atoms with Crippen molar-refractivity contribution in [2.75, 3.05) is 19.0 Å². The van der Waals surface area contributed by atoms with Gasteiger partial charge in [0, 0.05) is 43.9 Å². The van der Waals surface area contributed by atoms with Crippen molar-refractivity contribution in [3.63, 3.8) is 0 Å². The van der Waals surface area contributed by atoms with Crippen LogP contribution in [0.15, 0.2) is 70.8 Å². The first-order valence-corrected chi connectivity index (χ1v) is 11.1. The molecule has 0 amide bonds. The molecule has 0 radical (unpaired) electrons. The van der Waals surface area contributed by atoms with E-state index in [0.717, 1.165) is 10.9 Å². The van der Waals surface area contributed by atoms with Crippen LogP contribution < -0.4 is 4.90 Å². The Labute approximate surface area is 179 Å². The average Bonchev–Trinajstić information content (AvgIpc) is 3.25. The molecule has 0 aliphatic carbocycles. The fourth-order valence-corrected chi connectivity index (χ4v) is 4.36. The van der Waals surface area contributed by atoms with E-state index >= 15 is 0 Å². The number of Topliss-reactive ketones (excluding diaryl/α,β-unsaturated/α-hetero) is 1. The number of hydrogen-bond donors (Lipinski definition) is 1. The van der Waals surface area contributed by atoms with Gasteiger partial charge in [0.2, 0.25) is 9.84 Å². The number of H-pyrrole nitrogens is 1. The summed E-state index contributed by atoms with van der Waals surface area (Å²) in [7, 11) is 0.0263. The Morgan fingerprint density at radius 1 is 0.968 bits per heavy atom. The SMILES string of the molecule is CN(C)c1ccc(S(=O)(=O)c2ccc(CCC(=O)c3cnc4[nH]ncc4c3)cc2)cn1. The Hall–Kier alpha value is -3.59. The molecule has 0 aliphatic rings. The zero-order chi connectivity index (χ0) is 22.0. The van der Waals surface area contributed by atoms with Crippen LogP contribution in [0.25, 0.3) is 11.0 Å². The lowest BCUT2D eigenvalue weighted by molar-refractivity contribution is 0.0982. The Bertz CT molecular complexity index is 1330. The Balaban J connectivity index is 1.44. The van der Waals surface area contributed by atoms with E-state index < -0.39 is 9.84 Å². The van der Waals surface area contributed by atoms with Crippen LogP contribution in [0.2, 0.25) is 0 Å². The number of aromatic amines is 1. The number of aromatic nitrogens is 4. The minimum atomic E-state index is -3.65. The third-order valence-electron chi connectivity index (χ3n) is 4.98. The third-order valence-corrected chi connectivity index (χ3v) is 6.73. The predicted molar refractivity (Wildman–Crippen MR) is 117 cm³/mol. The van der Waals surface area contributed by atoms with Gasteiger partial charge in [-0.15, -0.1) is 0 Å². The number of ketones is 1. The predicted octanol–water partition coefficient (Wildman–Crippen LogP) is 3.07. The summed E-state index contributed by atoms with van der Waals surface area (Å²) in [6.07, 6.45) is 5.33. The standard InChI is InChI=1S/C22H21N5O3S/c1-27(2)21-10-8-19(14-23-21)31(29,30)18-6-3-15(4-7-18)5-9-20(28)16-11-17-13-25-26-22(17)24-12-16/h3-4,6-8,10-14H,5,9H2,1-2H3,(H,24,25,26). The van der Waals surface area contributed by atoms with Crippen molar-refractivity contribution in [1.29, 1.82) is 0 Å². The molecular formula is C22H21N5O3S. The summed E-state index contributed by atoms with van der Waals surface area (Å²) in [6.45, 7) is 0. The van der Waals surface area contributed by atoms with Gasteiger partial charge in [-0.3, -0.25) is 9.89 Å². The molecule has 31 heavy (non-hydrogen) atoms. The van der Waals surface area contributed by atoms with E-state index in [1.54, 1.807) is 53.6 Å². The van der Waals surface area contributed by atoms with Crippen molar-refractivity contribution in [1.82, 2.24) is 20.2 Å². The summed E-state index contributed by atoms with van der Waals surface area (Å²) in [6, 6.07) is 11.6. The van der Waals surface area contributed by atoms with Crippen LogP contribution in [0.3, 0.4) is 0 Å². The molecule has 0 saturated carbocycles. The Kier molecular flexibility index (Phi) is 5.51. The average molecular weight is 436 g/mol. The molecule has 1 aromatic carbocycles. The van der Waals surface area contributed by atoms with Crippen LogP contribution in [0.5, 0.6) is 0 Å². The summed E-state index contributed by atoms with van der Waals surface area (Å²) in [5.41, 5.74) is 2.05. The zero-order valence-electron chi connectivity index (χ0n) is 17.1. The smallest absolute Gasteiger partial charge is 0.208 e. The first-order chi connectivity index (χ1) is 14.8. The van der Waals surface area contributed by atoms with Crippen molar-refractivity contribution in [3.8, 4) is 0 Å². The maximum atomic E-state index is 12.8. The van der Waals surface area contributed by atoms with E-state index in [9.17, 15) is 13.2 Å². The van der Waals surface area contributed by atoms with Crippen LogP contribution in [0, 0.1) is 0 Å². The summed E-state index contributed by atoms with van der Waals surface area (Å²) in [5.74, 6) is 0.653. The highest BCUT2D eigenvalue weighted by Crippen LogP contribution is 2.22. The molecule has 8 nitrogen and oxygen atoms in total. The largest absolute Gasteiger partial charge is 0.363 e. The highest BCUT2D eigenvalue weighted by molar-refractivity contribution is 7.91. The highest BCUT2D eigenvalue weighted by atomic mass is 32.2. The molecule has 0 fully saturated rings. The monoisotopic (exact) mass is 435 g/mol. The van der Waals surface area contributed by atoms with Gasteiger partial charge in [0.15, 0.2) is 11.4 Å². The Morgan fingerprint density at radius 3 is 2.39 bits per heavy atom. The molecule has 0 atom stereocenters. The quantitative estimate of drug-likeness (QED) is 0.444. The number of pyridine rings is 2. The van der Waals surface area contributed by atoms with Gasteiger partial charge in [0.25, 0.3) is 0 Å². The van der Waals surface area contributed by atoms with Crippen LogP contribution in [-0.4, -0.2) is 48.5 Å².